The van der Waals surface area contributed by atoms with Gasteiger partial charge in [-0.15, -0.1) is 0 Å². The zero-order valence-electron chi connectivity index (χ0n) is 20.5. The van der Waals surface area contributed by atoms with Crippen molar-refractivity contribution in [3.8, 4) is 5.75 Å². The van der Waals surface area contributed by atoms with Crippen molar-refractivity contribution in [1.82, 2.24) is 5.43 Å². The lowest BCUT2D eigenvalue weighted by atomic mass is 10.2. The van der Waals surface area contributed by atoms with Gasteiger partial charge >= 0.3 is 6.18 Å². The number of sulfonamides is 1. The molecule has 4 rings (SSSR count). The minimum Gasteiger partial charge on any atom is -0.489 e. The van der Waals surface area contributed by atoms with E-state index in [2.05, 4.69) is 10.5 Å². The van der Waals surface area contributed by atoms with E-state index in [1.165, 1.54) is 18.3 Å². The lowest BCUT2D eigenvalue weighted by Crippen LogP contribution is -2.39. The summed E-state index contributed by atoms with van der Waals surface area (Å²) in [6.07, 6.45) is -3.34. The number of nitrogens with zero attached hydrogens (tertiary/aromatic N) is 2. The lowest BCUT2D eigenvalue weighted by Gasteiger charge is -2.25. The SMILES string of the molecule is Cc1ccc(S(=O)(=O)N(CC(=O)N/N=C\c2cccc(OC3CSC3)c2)c2ccc(Cl)c(C(F)(F)F)c2)cc1. The van der Waals surface area contributed by atoms with Crippen LogP contribution in [0.15, 0.2) is 76.7 Å². The Kier molecular flexibility index (Phi) is 8.77. The molecule has 0 saturated carbocycles. The van der Waals surface area contributed by atoms with E-state index < -0.39 is 39.2 Å². The van der Waals surface area contributed by atoms with Gasteiger partial charge < -0.3 is 4.74 Å². The fraction of sp³-hybridized carbons (Fsp3) is 0.231. The average molecular weight is 598 g/mol. The van der Waals surface area contributed by atoms with Gasteiger partial charge in [0, 0.05) is 11.5 Å². The predicted octanol–water partition coefficient (Wildman–Crippen LogP) is 5.51. The minimum absolute atomic E-state index is 0.147. The summed E-state index contributed by atoms with van der Waals surface area (Å²) in [7, 11) is -4.44. The van der Waals surface area contributed by atoms with Gasteiger partial charge in [-0.3, -0.25) is 9.10 Å². The van der Waals surface area contributed by atoms with E-state index in [4.69, 9.17) is 16.3 Å². The molecule has 1 aliphatic rings. The van der Waals surface area contributed by atoms with Crippen LogP contribution in [0, 0.1) is 6.92 Å². The van der Waals surface area contributed by atoms with Crippen LogP contribution in [0.1, 0.15) is 16.7 Å². The summed E-state index contributed by atoms with van der Waals surface area (Å²) in [5, 5.41) is 3.27. The molecule has 1 amide bonds. The highest BCUT2D eigenvalue weighted by atomic mass is 35.5. The second-order valence-corrected chi connectivity index (χ2v) is 12.0. The highest BCUT2D eigenvalue weighted by Crippen LogP contribution is 2.38. The van der Waals surface area contributed by atoms with E-state index in [1.807, 2.05) is 0 Å². The predicted molar refractivity (Wildman–Crippen MR) is 146 cm³/mol. The van der Waals surface area contributed by atoms with Crippen LogP contribution in [0.3, 0.4) is 0 Å². The smallest absolute Gasteiger partial charge is 0.417 e. The molecule has 1 fully saturated rings. The number of hydrogen-bond acceptors (Lipinski definition) is 6. The molecule has 206 valence electrons. The van der Waals surface area contributed by atoms with E-state index in [0.29, 0.717) is 21.7 Å². The number of alkyl halides is 3. The summed E-state index contributed by atoms with van der Waals surface area (Å²) in [6.45, 7) is 0.914. The molecule has 1 aliphatic heterocycles. The number of ether oxygens (including phenoxy) is 1. The van der Waals surface area contributed by atoms with Crippen molar-refractivity contribution in [2.75, 3.05) is 22.4 Å². The maximum atomic E-state index is 13.5. The van der Waals surface area contributed by atoms with Gasteiger partial charge in [-0.05, 0) is 55.0 Å². The van der Waals surface area contributed by atoms with Gasteiger partial charge in [0.05, 0.1) is 27.4 Å². The largest absolute Gasteiger partial charge is 0.489 e. The quantitative estimate of drug-likeness (QED) is 0.260. The zero-order chi connectivity index (χ0) is 28.2. The molecule has 1 N–H and O–H groups in total. The van der Waals surface area contributed by atoms with Crippen LogP contribution in [-0.2, 0) is 21.0 Å². The normalized spacial score (nSPS) is 14.2. The Hall–Kier alpha value is -3.22. The van der Waals surface area contributed by atoms with Crippen molar-refractivity contribution in [3.05, 3.63) is 88.4 Å². The molecule has 3 aromatic carbocycles. The van der Waals surface area contributed by atoms with Crippen LogP contribution in [0.4, 0.5) is 18.9 Å². The number of aryl methyl sites for hydroxylation is 1. The number of carbonyl (C=O) groups excluding carboxylic acids is 1. The fourth-order valence-corrected chi connectivity index (χ4v) is 5.73. The Labute approximate surface area is 233 Å². The number of nitrogens with one attached hydrogen (secondary N) is 1. The van der Waals surface area contributed by atoms with E-state index in [1.54, 1.807) is 55.1 Å². The second-order valence-electron chi connectivity index (χ2n) is 8.63. The third kappa shape index (κ3) is 7.25. The van der Waals surface area contributed by atoms with E-state index in [9.17, 15) is 26.4 Å². The molecule has 0 aromatic heterocycles. The Morgan fingerprint density at radius 3 is 2.51 bits per heavy atom. The number of thioether (sulfide) groups is 1. The summed E-state index contributed by atoms with van der Waals surface area (Å²) in [4.78, 5) is 12.6. The maximum Gasteiger partial charge on any atom is 0.417 e. The molecule has 0 atom stereocenters. The second kappa shape index (κ2) is 11.9. The van der Waals surface area contributed by atoms with Crippen molar-refractivity contribution in [3.63, 3.8) is 0 Å². The third-order valence-corrected chi connectivity index (χ3v) is 8.94. The monoisotopic (exact) mass is 597 g/mol. The highest BCUT2D eigenvalue weighted by Gasteiger charge is 2.35. The highest BCUT2D eigenvalue weighted by molar-refractivity contribution is 8.00. The van der Waals surface area contributed by atoms with E-state index in [-0.39, 0.29) is 16.7 Å². The van der Waals surface area contributed by atoms with Gasteiger partial charge in [0.25, 0.3) is 15.9 Å². The zero-order valence-corrected chi connectivity index (χ0v) is 22.9. The number of halogens is 4. The van der Waals surface area contributed by atoms with E-state index in [0.717, 1.165) is 29.2 Å². The first-order valence-electron chi connectivity index (χ1n) is 11.6. The van der Waals surface area contributed by atoms with Crippen molar-refractivity contribution >= 4 is 51.2 Å². The first-order valence-corrected chi connectivity index (χ1v) is 14.5. The number of hydrazone groups is 1. The first kappa shape index (κ1) is 28.8. The van der Waals surface area contributed by atoms with Crippen LogP contribution in [0.5, 0.6) is 5.75 Å². The molecule has 0 radical (unpaired) electrons. The molecule has 0 unspecified atom stereocenters. The molecule has 13 heteroatoms. The molecule has 0 aliphatic carbocycles. The maximum absolute atomic E-state index is 13.5. The molecule has 0 spiro atoms. The van der Waals surface area contributed by atoms with Crippen molar-refractivity contribution in [1.29, 1.82) is 0 Å². The van der Waals surface area contributed by atoms with Crippen LogP contribution >= 0.6 is 23.4 Å². The summed E-state index contributed by atoms with van der Waals surface area (Å²) >= 11 is 7.50. The van der Waals surface area contributed by atoms with Gasteiger partial charge in [-0.1, -0.05) is 41.4 Å². The number of amides is 1. The molecule has 3 aromatic rings. The Balaban J connectivity index is 1.56. The van der Waals surface area contributed by atoms with Gasteiger partial charge in [0.15, 0.2) is 0 Å². The molecule has 7 nitrogen and oxygen atoms in total. The molecule has 1 heterocycles. The van der Waals surface area contributed by atoms with Crippen LogP contribution < -0.4 is 14.5 Å². The van der Waals surface area contributed by atoms with Gasteiger partial charge in [-0.25, -0.2) is 13.8 Å². The third-order valence-electron chi connectivity index (χ3n) is 5.61. The van der Waals surface area contributed by atoms with Gasteiger partial charge in [-0.2, -0.15) is 30.0 Å². The molecular weight excluding hydrogens is 575 g/mol. The fourth-order valence-electron chi connectivity index (χ4n) is 3.53. The molecule has 39 heavy (non-hydrogen) atoms. The minimum atomic E-state index is -4.84. The van der Waals surface area contributed by atoms with Crippen molar-refractivity contribution < 1.29 is 31.1 Å². The van der Waals surface area contributed by atoms with Gasteiger partial charge in [0.1, 0.15) is 18.4 Å². The van der Waals surface area contributed by atoms with Crippen molar-refractivity contribution in [2.45, 2.75) is 24.1 Å². The summed E-state index contributed by atoms with van der Waals surface area (Å²) in [6, 6.07) is 15.4. The number of carbonyl (C=O) groups is 1. The summed E-state index contributed by atoms with van der Waals surface area (Å²) < 4.78 is 73.8. The number of anilines is 1. The Morgan fingerprint density at radius 1 is 1.15 bits per heavy atom. The van der Waals surface area contributed by atoms with Crippen molar-refractivity contribution in [2.24, 2.45) is 5.10 Å². The lowest BCUT2D eigenvalue weighted by molar-refractivity contribution is -0.137. The average Bonchev–Trinajstić information content (AvgIpc) is 2.85. The summed E-state index contributed by atoms with van der Waals surface area (Å²) in [5.74, 6) is 1.60. The molecule has 1 saturated heterocycles. The topological polar surface area (TPSA) is 88.1 Å². The van der Waals surface area contributed by atoms with Crippen LogP contribution in [0.25, 0.3) is 0 Å². The van der Waals surface area contributed by atoms with Crippen LogP contribution in [0.2, 0.25) is 5.02 Å². The molecular formula is C26H23ClF3N3O4S2. The number of hydrogen-bond donors (Lipinski definition) is 1. The number of rotatable bonds is 9. The van der Waals surface area contributed by atoms with Gasteiger partial charge in [0.2, 0.25) is 0 Å². The molecule has 0 bridgehead atoms. The van der Waals surface area contributed by atoms with E-state index >= 15 is 0 Å². The Bertz CT molecular complexity index is 1480. The Morgan fingerprint density at radius 2 is 1.87 bits per heavy atom. The number of benzene rings is 3. The van der Waals surface area contributed by atoms with Crippen LogP contribution in [-0.4, -0.2) is 44.7 Å². The first-order chi connectivity index (χ1) is 18.4. The standard InChI is InChI=1S/C26H23ClF3N3O4S2/c1-17-5-8-22(9-6-17)39(35,36)33(19-7-10-24(27)23(12-19)26(28,29)30)14-25(34)32-31-13-18-3-2-4-20(11-18)37-21-15-38-16-21/h2-13,21H,14-16H2,1H3,(H,32,34)/b31-13-. The summed E-state index contributed by atoms with van der Waals surface area (Å²) in [5.41, 5.74) is 2.02.